The second kappa shape index (κ2) is 19.1. The maximum atomic E-state index is 2.51. The monoisotopic (exact) mass is 847 g/mol. The van der Waals surface area contributed by atoms with Gasteiger partial charge in [0.05, 0.1) is 16.7 Å². The molecule has 1 atom stereocenters. The van der Waals surface area contributed by atoms with Crippen molar-refractivity contribution in [3.8, 4) is 5.69 Å². The van der Waals surface area contributed by atoms with E-state index in [9.17, 15) is 0 Å². The molecular formula is C62H61N3. The third kappa shape index (κ3) is 8.25. The van der Waals surface area contributed by atoms with Gasteiger partial charge < -0.3 is 14.4 Å². The molecule has 1 aliphatic carbocycles. The molecule has 0 spiro atoms. The summed E-state index contributed by atoms with van der Waals surface area (Å²) in [5, 5.41) is 2.51. The summed E-state index contributed by atoms with van der Waals surface area (Å²) in [6.07, 6.45) is 12.3. The Morgan fingerprint density at radius 3 is 1.55 bits per heavy atom. The van der Waals surface area contributed by atoms with Gasteiger partial charge in [-0.05, 0) is 139 Å². The predicted octanol–water partition coefficient (Wildman–Crippen LogP) is 18.0. The molecule has 9 aromatic rings. The van der Waals surface area contributed by atoms with E-state index in [4.69, 9.17) is 0 Å². The van der Waals surface area contributed by atoms with E-state index in [0.29, 0.717) is 5.92 Å². The van der Waals surface area contributed by atoms with Crippen molar-refractivity contribution in [2.75, 3.05) is 9.80 Å². The van der Waals surface area contributed by atoms with Crippen LogP contribution in [-0.2, 0) is 5.41 Å². The van der Waals surface area contributed by atoms with Crippen LogP contribution in [0.15, 0.2) is 206 Å². The molecule has 10 rings (SSSR count). The van der Waals surface area contributed by atoms with E-state index in [0.717, 1.165) is 29.9 Å². The Hall–Kier alpha value is -6.84. The Bertz CT molecular complexity index is 2890. The maximum absolute atomic E-state index is 2.51. The van der Waals surface area contributed by atoms with E-state index in [1.807, 2.05) is 0 Å². The van der Waals surface area contributed by atoms with E-state index in [2.05, 4.69) is 234 Å². The molecule has 1 fully saturated rings. The van der Waals surface area contributed by atoms with Crippen molar-refractivity contribution in [2.24, 2.45) is 0 Å². The van der Waals surface area contributed by atoms with Crippen molar-refractivity contribution in [1.29, 1.82) is 0 Å². The van der Waals surface area contributed by atoms with Crippen LogP contribution in [0.2, 0.25) is 0 Å². The van der Waals surface area contributed by atoms with Gasteiger partial charge in [-0.1, -0.05) is 168 Å². The Balaban J connectivity index is 1.09. The summed E-state index contributed by atoms with van der Waals surface area (Å²) >= 11 is 0. The van der Waals surface area contributed by atoms with Gasteiger partial charge in [0.15, 0.2) is 0 Å². The molecule has 1 aliphatic rings. The van der Waals surface area contributed by atoms with Crippen LogP contribution in [0.3, 0.4) is 0 Å². The summed E-state index contributed by atoms with van der Waals surface area (Å²) < 4.78 is 2.43. The van der Waals surface area contributed by atoms with Crippen LogP contribution in [0.5, 0.6) is 0 Å². The smallest absolute Gasteiger partial charge is 0.0562 e. The standard InChI is InChI=1S/C62H61N3/c1-3-5-20-46-62(4-2,49-36-42-54(43-37-49)63(51-24-12-7-13-25-51)52-26-14-8-15-27-52)50-38-44-56(45-39-50)64(55-40-34-48(35-41-55)47-22-10-6-11-23-47)59-32-21-33-60-61(59)57-30-18-19-31-58(57)65(60)53-28-16-9-17-29-53/h7-9,12-19,21,24-45,47H,3-6,10-11,20,22-23,46H2,1-2H3. The van der Waals surface area contributed by atoms with Crippen molar-refractivity contribution >= 4 is 55.9 Å². The Kier molecular flexibility index (Phi) is 12.4. The summed E-state index contributed by atoms with van der Waals surface area (Å²) in [7, 11) is 0. The summed E-state index contributed by atoms with van der Waals surface area (Å²) in [4.78, 5) is 4.87. The number of fused-ring (bicyclic) bond motifs is 3. The molecule has 0 aliphatic heterocycles. The zero-order chi connectivity index (χ0) is 44.0. The van der Waals surface area contributed by atoms with Gasteiger partial charge in [0, 0.05) is 50.3 Å². The van der Waals surface area contributed by atoms with E-state index in [1.54, 1.807) is 0 Å². The van der Waals surface area contributed by atoms with Gasteiger partial charge in [-0.15, -0.1) is 0 Å². The molecule has 65 heavy (non-hydrogen) atoms. The summed E-state index contributed by atoms with van der Waals surface area (Å²) in [5.41, 5.74) is 14.7. The third-order valence-electron chi connectivity index (χ3n) is 14.4. The van der Waals surface area contributed by atoms with Gasteiger partial charge in [-0.3, -0.25) is 0 Å². The molecule has 0 amide bonds. The van der Waals surface area contributed by atoms with Gasteiger partial charge in [0.25, 0.3) is 0 Å². The Morgan fingerprint density at radius 2 is 0.969 bits per heavy atom. The molecular weight excluding hydrogens is 787 g/mol. The lowest BCUT2D eigenvalue weighted by Crippen LogP contribution is -2.27. The van der Waals surface area contributed by atoms with E-state index in [-0.39, 0.29) is 5.41 Å². The lowest BCUT2D eigenvalue weighted by molar-refractivity contribution is 0.431. The molecule has 8 aromatic carbocycles. The molecule has 324 valence electrons. The number of nitrogens with zero attached hydrogens (tertiary/aromatic N) is 3. The van der Waals surface area contributed by atoms with Crippen LogP contribution < -0.4 is 9.80 Å². The number of unbranched alkanes of at least 4 members (excludes halogenated alkanes) is 2. The average Bonchev–Trinajstić information content (AvgIpc) is 3.73. The van der Waals surface area contributed by atoms with Crippen molar-refractivity contribution in [3.05, 3.63) is 223 Å². The minimum absolute atomic E-state index is 0.133. The highest BCUT2D eigenvalue weighted by Crippen LogP contribution is 2.47. The fourth-order valence-electron chi connectivity index (χ4n) is 11.0. The Morgan fingerprint density at radius 1 is 0.462 bits per heavy atom. The van der Waals surface area contributed by atoms with Crippen LogP contribution in [0.4, 0.5) is 34.1 Å². The van der Waals surface area contributed by atoms with Crippen LogP contribution in [0, 0.1) is 0 Å². The quantitative estimate of drug-likeness (QED) is 0.0952. The summed E-state index contributed by atoms with van der Waals surface area (Å²) in [6.45, 7) is 4.70. The molecule has 3 heteroatoms. The van der Waals surface area contributed by atoms with Gasteiger partial charge in [0.2, 0.25) is 0 Å². The average molecular weight is 848 g/mol. The van der Waals surface area contributed by atoms with E-state index >= 15 is 0 Å². The number of benzene rings is 8. The molecule has 1 heterocycles. The molecule has 1 unspecified atom stereocenters. The van der Waals surface area contributed by atoms with Crippen molar-refractivity contribution in [2.45, 2.75) is 89.4 Å². The SMILES string of the molecule is CCCCCC(CC)(c1ccc(N(c2ccccc2)c2ccccc2)cc1)c1ccc(N(c2ccc(C3CCCCC3)cc2)c2cccc3c2c2ccccc2n3-c2ccccc2)cc1. The molecule has 1 saturated carbocycles. The number of anilines is 6. The van der Waals surface area contributed by atoms with Crippen molar-refractivity contribution < 1.29 is 0 Å². The summed E-state index contributed by atoms with van der Waals surface area (Å²) in [5.74, 6) is 0.654. The molecule has 0 bridgehead atoms. The molecule has 0 saturated heterocycles. The largest absolute Gasteiger partial charge is 0.311 e. The highest BCUT2D eigenvalue weighted by Gasteiger charge is 2.33. The number of hydrogen-bond acceptors (Lipinski definition) is 2. The predicted molar refractivity (Wildman–Crippen MR) is 278 cm³/mol. The van der Waals surface area contributed by atoms with Crippen LogP contribution in [0.1, 0.15) is 101 Å². The number of aromatic nitrogens is 1. The minimum Gasteiger partial charge on any atom is -0.311 e. The highest BCUT2D eigenvalue weighted by atomic mass is 15.2. The zero-order valence-corrected chi connectivity index (χ0v) is 38.1. The van der Waals surface area contributed by atoms with Crippen molar-refractivity contribution in [1.82, 2.24) is 4.57 Å². The zero-order valence-electron chi connectivity index (χ0n) is 38.1. The molecule has 0 N–H and O–H groups in total. The van der Waals surface area contributed by atoms with E-state index in [1.165, 1.54) is 113 Å². The van der Waals surface area contributed by atoms with Crippen molar-refractivity contribution in [3.63, 3.8) is 0 Å². The summed E-state index contributed by atoms with van der Waals surface area (Å²) in [6, 6.07) is 76.7. The highest BCUT2D eigenvalue weighted by molar-refractivity contribution is 6.16. The van der Waals surface area contributed by atoms with Crippen LogP contribution in [0.25, 0.3) is 27.5 Å². The second-order valence-corrected chi connectivity index (χ2v) is 18.1. The molecule has 0 radical (unpaired) electrons. The first-order chi connectivity index (χ1) is 32.2. The number of rotatable bonds is 15. The van der Waals surface area contributed by atoms with Gasteiger partial charge in [0.1, 0.15) is 0 Å². The number of hydrogen-bond donors (Lipinski definition) is 0. The van der Waals surface area contributed by atoms with Gasteiger partial charge in [-0.25, -0.2) is 0 Å². The Labute approximate surface area is 386 Å². The van der Waals surface area contributed by atoms with Gasteiger partial charge in [-0.2, -0.15) is 0 Å². The first-order valence-electron chi connectivity index (χ1n) is 24.3. The maximum Gasteiger partial charge on any atom is 0.0562 e. The van der Waals surface area contributed by atoms with Crippen LogP contribution >= 0.6 is 0 Å². The second-order valence-electron chi connectivity index (χ2n) is 18.1. The lowest BCUT2D eigenvalue weighted by Gasteiger charge is -2.36. The first-order valence-corrected chi connectivity index (χ1v) is 24.3. The first kappa shape index (κ1) is 42.1. The van der Waals surface area contributed by atoms with Crippen LogP contribution in [-0.4, -0.2) is 4.57 Å². The normalized spacial score (nSPS) is 14.1. The number of para-hydroxylation sites is 4. The fourth-order valence-corrected chi connectivity index (χ4v) is 11.0. The minimum atomic E-state index is -0.133. The topological polar surface area (TPSA) is 11.4 Å². The molecule has 3 nitrogen and oxygen atoms in total. The fraction of sp³-hybridized carbons (Fsp3) is 0.226. The van der Waals surface area contributed by atoms with Gasteiger partial charge >= 0.3 is 0 Å². The lowest BCUT2D eigenvalue weighted by atomic mass is 9.69. The van der Waals surface area contributed by atoms with E-state index < -0.39 is 0 Å². The molecule has 1 aromatic heterocycles. The third-order valence-corrected chi connectivity index (χ3v) is 14.4.